The minimum Gasteiger partial charge on any atom is -0.398 e. The number of anilines is 1. The zero-order valence-corrected chi connectivity index (χ0v) is 10.5. The van der Waals surface area contributed by atoms with E-state index in [4.69, 9.17) is 17.3 Å². The molecule has 0 radical (unpaired) electrons. The zero-order valence-electron chi connectivity index (χ0n) is 6.60. The number of nitrogens with two attached hydrogens (primary N) is 1. The third kappa shape index (κ3) is 2.59. The molecule has 5 heteroatoms. The predicted molar refractivity (Wildman–Crippen MR) is 61.9 cm³/mol. The van der Waals surface area contributed by atoms with Gasteiger partial charge in [-0.1, -0.05) is 15.9 Å². The molecule has 0 aliphatic heterocycles. The first-order valence-corrected chi connectivity index (χ1v) is 5.66. The van der Waals surface area contributed by atoms with Crippen LogP contribution in [0.3, 0.4) is 0 Å². The van der Waals surface area contributed by atoms with Crippen LogP contribution >= 0.6 is 43.5 Å². The summed E-state index contributed by atoms with van der Waals surface area (Å²) in [5.41, 5.74) is 6.90. The summed E-state index contributed by atoms with van der Waals surface area (Å²) in [6.07, 6.45) is -0.726. The Morgan fingerprint density at radius 3 is 2.62 bits per heavy atom. The van der Waals surface area contributed by atoms with E-state index in [-0.39, 0.29) is 5.88 Å². The van der Waals surface area contributed by atoms with Crippen LogP contribution in [0.2, 0.25) is 0 Å². The normalized spacial score (nSPS) is 12.9. The fourth-order valence-electron chi connectivity index (χ4n) is 0.963. The van der Waals surface area contributed by atoms with Gasteiger partial charge in [-0.05, 0) is 28.1 Å². The quantitative estimate of drug-likeness (QED) is 0.647. The summed E-state index contributed by atoms with van der Waals surface area (Å²) < 4.78 is 1.61. The van der Waals surface area contributed by atoms with Gasteiger partial charge in [0, 0.05) is 14.5 Å². The largest absolute Gasteiger partial charge is 0.398 e. The molecular formula is C8H8Br2ClNO. The number of hydrogen-bond donors (Lipinski definition) is 2. The summed E-state index contributed by atoms with van der Waals surface area (Å²) in [7, 11) is 0. The molecule has 0 unspecified atom stereocenters. The highest BCUT2D eigenvalue weighted by Crippen LogP contribution is 2.32. The van der Waals surface area contributed by atoms with Crippen molar-refractivity contribution in [2.24, 2.45) is 0 Å². The van der Waals surface area contributed by atoms with Crippen molar-refractivity contribution in [2.45, 2.75) is 6.10 Å². The molecule has 0 saturated heterocycles. The monoisotopic (exact) mass is 327 g/mol. The molecule has 1 aromatic carbocycles. The van der Waals surface area contributed by atoms with E-state index in [0.29, 0.717) is 11.3 Å². The van der Waals surface area contributed by atoms with Crippen LogP contribution < -0.4 is 5.73 Å². The van der Waals surface area contributed by atoms with Gasteiger partial charge in [0.2, 0.25) is 0 Å². The first-order valence-electron chi connectivity index (χ1n) is 3.54. The lowest BCUT2D eigenvalue weighted by atomic mass is 10.1. The fourth-order valence-corrected chi connectivity index (χ4v) is 2.39. The Bertz CT molecular complexity index is 319. The Labute approximate surface area is 98.3 Å². The molecule has 0 spiro atoms. The molecule has 0 aliphatic rings. The molecule has 13 heavy (non-hydrogen) atoms. The van der Waals surface area contributed by atoms with Crippen molar-refractivity contribution >= 4 is 49.1 Å². The van der Waals surface area contributed by atoms with E-state index >= 15 is 0 Å². The molecular weight excluding hydrogens is 321 g/mol. The van der Waals surface area contributed by atoms with Gasteiger partial charge in [0.1, 0.15) is 0 Å². The minimum absolute atomic E-state index is 0.132. The number of rotatable bonds is 2. The van der Waals surface area contributed by atoms with Gasteiger partial charge in [0.25, 0.3) is 0 Å². The fraction of sp³-hybridized carbons (Fsp3) is 0.250. The average Bonchev–Trinajstić information content (AvgIpc) is 2.10. The van der Waals surface area contributed by atoms with Crippen LogP contribution in [-0.4, -0.2) is 11.0 Å². The molecule has 1 aromatic rings. The smallest absolute Gasteiger partial charge is 0.0945 e. The Morgan fingerprint density at radius 1 is 1.46 bits per heavy atom. The maximum Gasteiger partial charge on any atom is 0.0945 e. The van der Waals surface area contributed by atoms with Gasteiger partial charge in [0.05, 0.1) is 17.7 Å². The molecule has 1 rings (SSSR count). The van der Waals surface area contributed by atoms with Crippen molar-refractivity contribution in [3.8, 4) is 0 Å². The molecule has 0 bridgehead atoms. The van der Waals surface area contributed by atoms with Crippen molar-refractivity contribution in [1.29, 1.82) is 0 Å². The lowest BCUT2D eigenvalue weighted by Gasteiger charge is -2.12. The maximum absolute atomic E-state index is 9.51. The van der Waals surface area contributed by atoms with E-state index in [2.05, 4.69) is 31.9 Å². The van der Waals surface area contributed by atoms with Crippen LogP contribution in [0, 0.1) is 0 Å². The van der Waals surface area contributed by atoms with Crippen LogP contribution in [0.15, 0.2) is 21.1 Å². The van der Waals surface area contributed by atoms with Gasteiger partial charge in [-0.3, -0.25) is 0 Å². The zero-order chi connectivity index (χ0) is 10.0. The predicted octanol–water partition coefficient (Wildman–Crippen LogP) is 3.07. The summed E-state index contributed by atoms with van der Waals surface area (Å²) in [5, 5.41) is 9.51. The van der Waals surface area contributed by atoms with Gasteiger partial charge in [-0.2, -0.15) is 0 Å². The molecule has 2 nitrogen and oxygen atoms in total. The average molecular weight is 329 g/mol. The Kier molecular flexibility index (Phi) is 4.04. The minimum atomic E-state index is -0.726. The molecule has 0 aromatic heterocycles. The molecule has 72 valence electrons. The number of hydrogen-bond acceptors (Lipinski definition) is 2. The third-order valence-corrected chi connectivity index (χ3v) is 3.04. The summed E-state index contributed by atoms with van der Waals surface area (Å²) in [6, 6.07) is 3.58. The maximum atomic E-state index is 9.51. The second-order valence-corrected chi connectivity index (χ2v) is 4.64. The second-order valence-electron chi connectivity index (χ2n) is 2.56. The lowest BCUT2D eigenvalue weighted by Crippen LogP contribution is -2.04. The first-order chi connectivity index (χ1) is 6.06. The van der Waals surface area contributed by atoms with Crippen molar-refractivity contribution in [2.75, 3.05) is 11.6 Å². The number of benzene rings is 1. The van der Waals surface area contributed by atoms with E-state index in [1.807, 2.05) is 6.07 Å². The highest BCUT2D eigenvalue weighted by molar-refractivity contribution is 9.11. The molecule has 0 heterocycles. The SMILES string of the molecule is Nc1c(Br)cc(Br)cc1[C@H](O)CCl. The van der Waals surface area contributed by atoms with Gasteiger partial charge < -0.3 is 10.8 Å². The summed E-state index contributed by atoms with van der Waals surface area (Å²) in [6.45, 7) is 0. The van der Waals surface area contributed by atoms with Gasteiger partial charge in [-0.15, -0.1) is 11.6 Å². The molecule has 1 atom stereocenters. The summed E-state index contributed by atoms with van der Waals surface area (Å²) >= 11 is 12.1. The Morgan fingerprint density at radius 2 is 2.08 bits per heavy atom. The number of aliphatic hydroxyl groups is 1. The molecule has 0 fully saturated rings. The molecule has 0 amide bonds. The summed E-state index contributed by atoms with van der Waals surface area (Å²) in [5.74, 6) is 0.132. The van der Waals surface area contributed by atoms with E-state index in [1.165, 1.54) is 0 Å². The van der Waals surface area contributed by atoms with Crippen LogP contribution in [-0.2, 0) is 0 Å². The Balaban J connectivity index is 3.20. The summed E-state index contributed by atoms with van der Waals surface area (Å²) in [4.78, 5) is 0. The molecule has 0 aliphatic carbocycles. The van der Waals surface area contributed by atoms with E-state index in [1.54, 1.807) is 6.07 Å². The van der Waals surface area contributed by atoms with Gasteiger partial charge in [0.15, 0.2) is 0 Å². The second kappa shape index (κ2) is 4.64. The number of alkyl halides is 1. The van der Waals surface area contributed by atoms with Crippen molar-refractivity contribution in [1.82, 2.24) is 0 Å². The Hall–Kier alpha value is 0.230. The number of nitrogen functional groups attached to an aromatic ring is 1. The lowest BCUT2D eigenvalue weighted by molar-refractivity contribution is 0.203. The van der Waals surface area contributed by atoms with Gasteiger partial charge >= 0.3 is 0 Å². The van der Waals surface area contributed by atoms with Gasteiger partial charge in [-0.25, -0.2) is 0 Å². The van der Waals surface area contributed by atoms with E-state index < -0.39 is 6.10 Å². The van der Waals surface area contributed by atoms with Crippen LogP contribution in [0.4, 0.5) is 5.69 Å². The van der Waals surface area contributed by atoms with Crippen molar-refractivity contribution < 1.29 is 5.11 Å². The third-order valence-electron chi connectivity index (χ3n) is 1.63. The number of halogens is 3. The molecule has 0 saturated carbocycles. The first kappa shape index (κ1) is 11.3. The van der Waals surface area contributed by atoms with Crippen LogP contribution in [0.25, 0.3) is 0 Å². The molecule has 3 N–H and O–H groups in total. The number of aliphatic hydroxyl groups excluding tert-OH is 1. The topological polar surface area (TPSA) is 46.2 Å². The van der Waals surface area contributed by atoms with Crippen LogP contribution in [0.1, 0.15) is 11.7 Å². The highest BCUT2D eigenvalue weighted by atomic mass is 79.9. The van der Waals surface area contributed by atoms with E-state index in [0.717, 1.165) is 8.95 Å². The van der Waals surface area contributed by atoms with Crippen molar-refractivity contribution in [3.63, 3.8) is 0 Å². The van der Waals surface area contributed by atoms with Crippen molar-refractivity contribution in [3.05, 3.63) is 26.6 Å². The highest BCUT2D eigenvalue weighted by Gasteiger charge is 2.12. The van der Waals surface area contributed by atoms with Crippen LogP contribution in [0.5, 0.6) is 0 Å². The standard InChI is InChI=1S/C8H8Br2ClNO/c9-4-1-5(7(13)3-11)8(12)6(10)2-4/h1-2,7,13H,3,12H2/t7-/m1/s1. The van der Waals surface area contributed by atoms with E-state index in [9.17, 15) is 5.11 Å².